The number of primary amides is 2. The van der Waals surface area contributed by atoms with E-state index in [0.717, 1.165) is 10.9 Å². The van der Waals surface area contributed by atoms with Gasteiger partial charge in [0.05, 0.1) is 12.5 Å². The maximum Gasteiger partial charge on any atom is 0.248 e. The molecule has 434 valence electrons. The van der Waals surface area contributed by atoms with Crippen molar-refractivity contribution in [3.05, 3.63) is 107 Å². The first-order chi connectivity index (χ1) is 38.7. The number of Topliss-reactive ketones (excluding diaryl/α,β-unsaturated/α-hetero) is 2. The molecule has 0 saturated carbocycles. The number of fused-ring (bicyclic) bond motifs is 1. The molecule has 19 N–H and O–H groups in total. The van der Waals surface area contributed by atoms with E-state index in [1.807, 2.05) is 24.3 Å². The maximum atomic E-state index is 15.0. The van der Waals surface area contributed by atoms with Crippen LogP contribution in [-0.2, 0) is 62.4 Å². The van der Waals surface area contributed by atoms with Crippen LogP contribution in [0.1, 0.15) is 98.2 Å². The number of para-hydroxylation sites is 1. The minimum atomic E-state index is -1.69. The second-order valence-corrected chi connectivity index (χ2v) is 20.1. The van der Waals surface area contributed by atoms with Gasteiger partial charge in [0.2, 0.25) is 47.3 Å². The molecule has 25 heteroatoms. The molecule has 5 rings (SSSR count). The van der Waals surface area contributed by atoms with Crippen LogP contribution in [0.4, 0.5) is 0 Å². The monoisotopic (exact) mass is 1120 g/mol. The van der Waals surface area contributed by atoms with Gasteiger partial charge in [-0.25, -0.2) is 0 Å². The molecule has 0 spiro atoms. The fourth-order valence-corrected chi connectivity index (χ4v) is 9.51. The largest absolute Gasteiger partial charge is 0.370 e. The second-order valence-electron chi connectivity index (χ2n) is 20.1. The number of ketones is 2. The van der Waals surface area contributed by atoms with E-state index in [9.17, 15) is 47.9 Å². The van der Waals surface area contributed by atoms with Gasteiger partial charge < -0.3 is 71.3 Å². The van der Waals surface area contributed by atoms with Gasteiger partial charge >= 0.3 is 0 Å². The number of rotatable bonds is 19. The van der Waals surface area contributed by atoms with Crippen molar-refractivity contribution in [3.8, 4) is 0 Å². The van der Waals surface area contributed by atoms with E-state index in [-0.39, 0.29) is 108 Å². The average Bonchev–Trinajstić information content (AvgIpc) is 4.11. The molecule has 0 bridgehead atoms. The normalized spacial score (nSPS) is 20.5. The third-order valence-electron chi connectivity index (χ3n) is 13.7. The lowest BCUT2D eigenvalue weighted by Crippen LogP contribution is -2.59. The molecular formula is C56H75N15O10. The Balaban J connectivity index is 1.59. The van der Waals surface area contributed by atoms with Crippen molar-refractivity contribution in [2.75, 3.05) is 19.6 Å². The third-order valence-corrected chi connectivity index (χ3v) is 13.7. The fraction of sp³-hybridized carbons (Fsp3) is 0.429. The van der Waals surface area contributed by atoms with Crippen molar-refractivity contribution >= 4 is 81.6 Å². The number of benzene rings is 3. The Hall–Kier alpha value is -9.16. The Bertz CT molecular complexity index is 2940. The van der Waals surface area contributed by atoms with Gasteiger partial charge in [-0.05, 0) is 92.7 Å². The first-order valence-corrected chi connectivity index (χ1v) is 26.9. The van der Waals surface area contributed by atoms with Crippen LogP contribution < -0.4 is 66.3 Å². The van der Waals surface area contributed by atoms with Crippen molar-refractivity contribution in [1.82, 2.24) is 36.9 Å². The number of carbonyl (C=O) groups is 10. The lowest BCUT2D eigenvalue weighted by Gasteiger charge is -2.27. The predicted octanol–water partition coefficient (Wildman–Crippen LogP) is -0.828. The van der Waals surface area contributed by atoms with E-state index in [1.165, 1.54) is 25.1 Å². The van der Waals surface area contributed by atoms with Crippen molar-refractivity contribution < 1.29 is 47.9 Å². The highest BCUT2D eigenvalue weighted by Crippen LogP contribution is 2.26. The summed E-state index contributed by atoms with van der Waals surface area (Å²) in [6.45, 7) is 1.37. The number of aromatic nitrogens is 1. The Kier molecular flexibility index (Phi) is 24.3. The summed E-state index contributed by atoms with van der Waals surface area (Å²) >= 11 is 0. The second kappa shape index (κ2) is 31.4. The zero-order valence-electron chi connectivity index (χ0n) is 45.4. The van der Waals surface area contributed by atoms with Crippen molar-refractivity contribution in [2.45, 2.75) is 121 Å². The number of amides is 8. The zero-order chi connectivity index (χ0) is 59.0. The maximum absolute atomic E-state index is 15.0. The van der Waals surface area contributed by atoms with Gasteiger partial charge in [-0.2, -0.15) is 0 Å². The standard InChI is InChI=1S/C56H75N15O10/c1-32(72)67-42(20-11-23-65-56(61)62)52(79)71-45-30-48(75)63-21-8-7-19-41(50(58)77)68-51(78)37(27-38-31-66-40-18-6-5-17-39(38)40)29-46(73)35(16-10-22-64-55(59)60)28-47(74)43(25-33-12-3-2-4-13-33)69-53(80)44(70-54(45)81)26-34-14-9-15-36(24-34)49(57)76/h2-6,9,12-15,17-18,24,31,35,37,41-45,66H,7-8,10-11,16,19-23,25-30H2,1H3,(H2,57,76)(H2,58,77)(H,63,75)(H,67,72)(H,68,78)(H,69,80)(H,70,81)(H,71,79)(H4,59,60,64)(H4,61,62,65)/t35-,37-,41+,42+,43-,44+,45+/m1/s1. The van der Waals surface area contributed by atoms with Gasteiger partial charge in [-0.15, -0.1) is 0 Å². The van der Waals surface area contributed by atoms with Gasteiger partial charge in [-0.1, -0.05) is 60.7 Å². The summed E-state index contributed by atoms with van der Waals surface area (Å²) in [4.78, 5) is 150. The van der Waals surface area contributed by atoms with Crippen LogP contribution in [0, 0.1) is 11.8 Å². The molecule has 0 aliphatic carbocycles. The van der Waals surface area contributed by atoms with Gasteiger partial charge in [0.25, 0.3) is 0 Å². The van der Waals surface area contributed by atoms with Gasteiger partial charge in [-0.3, -0.25) is 57.9 Å². The molecule has 1 saturated heterocycles. The number of H-pyrrole nitrogens is 1. The molecule has 2 heterocycles. The highest BCUT2D eigenvalue weighted by atomic mass is 16.2. The van der Waals surface area contributed by atoms with Gasteiger partial charge in [0, 0.05) is 80.3 Å². The molecule has 1 aromatic heterocycles. The van der Waals surface area contributed by atoms with Gasteiger partial charge in [0.15, 0.2) is 17.7 Å². The molecule has 1 aliphatic heterocycles. The molecule has 7 atom stereocenters. The van der Waals surface area contributed by atoms with Gasteiger partial charge in [0.1, 0.15) is 30.0 Å². The van der Waals surface area contributed by atoms with Crippen molar-refractivity contribution in [3.63, 3.8) is 0 Å². The number of guanidine groups is 2. The summed E-state index contributed by atoms with van der Waals surface area (Å²) in [6, 6.07) is 15.0. The van der Waals surface area contributed by atoms with E-state index in [4.69, 9.17) is 34.4 Å². The fourth-order valence-electron chi connectivity index (χ4n) is 9.51. The van der Waals surface area contributed by atoms with E-state index in [0.29, 0.717) is 16.7 Å². The number of aromatic amines is 1. The molecule has 25 nitrogen and oxygen atoms in total. The summed E-state index contributed by atoms with van der Waals surface area (Å²) in [7, 11) is 0. The first-order valence-electron chi connectivity index (χ1n) is 26.9. The Labute approximate surface area is 468 Å². The summed E-state index contributed by atoms with van der Waals surface area (Å²) < 4.78 is 0. The van der Waals surface area contributed by atoms with Crippen LogP contribution in [0.25, 0.3) is 10.9 Å². The lowest BCUT2D eigenvalue weighted by atomic mass is 9.83. The first kappa shape index (κ1) is 62.7. The highest BCUT2D eigenvalue weighted by molar-refractivity contribution is 5.99. The quantitative estimate of drug-likeness (QED) is 0.0310. The third kappa shape index (κ3) is 20.9. The van der Waals surface area contributed by atoms with Crippen molar-refractivity contribution in [2.24, 2.45) is 56.2 Å². The predicted molar refractivity (Wildman–Crippen MR) is 303 cm³/mol. The summed E-state index contributed by atoms with van der Waals surface area (Å²) in [5.41, 5.74) is 36.2. The molecule has 3 aromatic carbocycles. The molecule has 8 amide bonds. The highest BCUT2D eigenvalue weighted by Gasteiger charge is 2.36. The van der Waals surface area contributed by atoms with E-state index < -0.39 is 114 Å². The minimum absolute atomic E-state index is 0.000183. The number of aliphatic imine (C=N–C) groups is 2. The van der Waals surface area contributed by atoms with Crippen LogP contribution in [0.15, 0.2) is 95.0 Å². The van der Waals surface area contributed by atoms with Crippen LogP contribution in [0.2, 0.25) is 0 Å². The van der Waals surface area contributed by atoms with Crippen LogP contribution in [0.5, 0.6) is 0 Å². The number of nitrogens with two attached hydrogens (primary N) is 6. The summed E-state index contributed by atoms with van der Waals surface area (Å²) in [6.07, 6.45) is 0.934. The average molecular weight is 1120 g/mol. The Morgan fingerprint density at radius 3 is 2.01 bits per heavy atom. The van der Waals surface area contributed by atoms with E-state index >= 15 is 0 Å². The number of nitrogens with one attached hydrogen (secondary N) is 7. The number of nitrogens with zero attached hydrogens (tertiary/aromatic N) is 2. The van der Waals surface area contributed by atoms with Crippen LogP contribution in [-0.4, -0.2) is 126 Å². The van der Waals surface area contributed by atoms with Crippen LogP contribution in [0.3, 0.4) is 0 Å². The zero-order valence-corrected chi connectivity index (χ0v) is 45.4. The molecular weight excluding hydrogens is 1040 g/mol. The smallest absolute Gasteiger partial charge is 0.248 e. The molecule has 0 unspecified atom stereocenters. The SMILES string of the molecule is CC(=O)N[C@@H](CCCN=C(N)N)C(=O)N[C@H]1CC(=O)NCCCC[C@@H](C(N)=O)NC(=O)[C@H](Cc2c[nH]c3ccccc23)CC(=O)[C@H](CCCN=C(N)N)CC(=O)[C@@H](Cc2ccccc2)NC(=O)[C@H](Cc2cccc(C(N)=O)c2)NC1=O. The Morgan fingerprint density at radius 2 is 1.32 bits per heavy atom. The Morgan fingerprint density at radius 1 is 0.667 bits per heavy atom. The molecule has 81 heavy (non-hydrogen) atoms. The van der Waals surface area contributed by atoms with E-state index in [2.05, 4.69) is 46.9 Å². The summed E-state index contributed by atoms with van der Waals surface area (Å²) in [5.74, 6) is -9.94. The number of hydrogen-bond donors (Lipinski definition) is 13. The van der Waals surface area contributed by atoms with Crippen molar-refractivity contribution in [1.29, 1.82) is 0 Å². The molecule has 1 fully saturated rings. The number of carbonyl (C=O) groups excluding carboxylic acids is 10. The molecule has 1 aliphatic rings. The van der Waals surface area contributed by atoms with Crippen LogP contribution >= 0.6 is 0 Å². The molecule has 0 radical (unpaired) electrons. The van der Waals surface area contributed by atoms with E-state index in [1.54, 1.807) is 42.6 Å². The topological polar surface area (TPSA) is 440 Å². The number of hydrogen-bond acceptors (Lipinski definition) is 12. The lowest BCUT2D eigenvalue weighted by molar-refractivity contribution is -0.136. The minimum Gasteiger partial charge on any atom is -0.370 e. The molecule has 4 aromatic rings. The summed E-state index contributed by atoms with van der Waals surface area (Å²) in [5, 5.41) is 16.8.